The number of rotatable bonds is 3. The normalized spacial score (nSPS) is 12.4. The molecule has 1 heterocycles. The molecule has 0 aliphatic carbocycles. The predicted octanol–water partition coefficient (Wildman–Crippen LogP) is 4.70. The van der Waals surface area contributed by atoms with Crippen LogP contribution in [0, 0.1) is 0 Å². The molecule has 1 unspecified atom stereocenters. The van der Waals surface area contributed by atoms with Crippen LogP contribution in [0.5, 0.6) is 0 Å². The van der Waals surface area contributed by atoms with Crippen molar-refractivity contribution in [2.75, 3.05) is 0 Å². The van der Waals surface area contributed by atoms with Gasteiger partial charge in [0.2, 0.25) is 0 Å². The van der Waals surface area contributed by atoms with Crippen LogP contribution in [0.2, 0.25) is 5.02 Å². The van der Waals surface area contributed by atoms with Gasteiger partial charge in [-0.15, -0.1) is 0 Å². The fourth-order valence-corrected chi connectivity index (χ4v) is 3.22. The lowest BCUT2D eigenvalue weighted by Gasteiger charge is -2.09. The molecule has 2 aromatic rings. The van der Waals surface area contributed by atoms with E-state index in [1.165, 1.54) is 0 Å². The van der Waals surface area contributed by atoms with Crippen LogP contribution < -0.4 is 0 Å². The Balaban J connectivity index is 2.20. The first-order chi connectivity index (χ1) is 8.56. The molecule has 1 aromatic carbocycles. The van der Waals surface area contributed by atoms with E-state index in [2.05, 4.69) is 20.9 Å². The zero-order valence-electron chi connectivity index (χ0n) is 9.60. The number of halogens is 2. The van der Waals surface area contributed by atoms with E-state index < -0.39 is 6.10 Å². The fraction of sp³-hybridized carbons (Fsp3) is 0.154. The van der Waals surface area contributed by atoms with Crippen molar-refractivity contribution in [1.29, 1.82) is 0 Å². The third-order valence-corrected chi connectivity index (χ3v) is 4.20. The number of benzene rings is 1. The number of nitrogens with zero attached hydrogens (tertiary/aromatic N) is 1. The standard InChI is InChI=1S/C13H11BrClNOS/c1-8(17)11-4-3-10(6-12(11)14)18-13-5-2-9(15)7-16-13/h2-8,17H,1H3. The average Bonchev–Trinajstić information content (AvgIpc) is 2.32. The molecule has 0 aliphatic heterocycles. The van der Waals surface area contributed by atoms with Gasteiger partial charge in [0.05, 0.1) is 11.1 Å². The first-order valence-electron chi connectivity index (χ1n) is 5.33. The van der Waals surface area contributed by atoms with Crippen molar-refractivity contribution in [3.8, 4) is 0 Å². The summed E-state index contributed by atoms with van der Waals surface area (Å²) in [5, 5.41) is 11.1. The van der Waals surface area contributed by atoms with Crippen LogP contribution in [0.15, 0.2) is 50.9 Å². The van der Waals surface area contributed by atoms with Gasteiger partial charge in [-0.2, -0.15) is 0 Å². The van der Waals surface area contributed by atoms with Crippen LogP contribution in [0.25, 0.3) is 0 Å². The van der Waals surface area contributed by atoms with Crippen LogP contribution in [0.1, 0.15) is 18.6 Å². The molecule has 1 atom stereocenters. The lowest BCUT2D eigenvalue weighted by Crippen LogP contribution is -1.92. The summed E-state index contributed by atoms with van der Waals surface area (Å²) >= 11 is 10.8. The minimum absolute atomic E-state index is 0.480. The summed E-state index contributed by atoms with van der Waals surface area (Å²) in [6.45, 7) is 1.74. The monoisotopic (exact) mass is 343 g/mol. The zero-order valence-corrected chi connectivity index (χ0v) is 12.8. The lowest BCUT2D eigenvalue weighted by molar-refractivity contribution is 0.198. The van der Waals surface area contributed by atoms with Gasteiger partial charge in [-0.3, -0.25) is 0 Å². The van der Waals surface area contributed by atoms with Gasteiger partial charge in [-0.25, -0.2) is 4.98 Å². The van der Waals surface area contributed by atoms with E-state index >= 15 is 0 Å². The number of aliphatic hydroxyl groups excluding tert-OH is 1. The Bertz CT molecular complexity index is 545. The molecule has 0 saturated heterocycles. The molecule has 2 rings (SSSR count). The first-order valence-corrected chi connectivity index (χ1v) is 7.32. The van der Waals surface area contributed by atoms with Crippen molar-refractivity contribution in [3.05, 3.63) is 51.6 Å². The van der Waals surface area contributed by atoms with Crippen LogP contribution in [-0.4, -0.2) is 10.1 Å². The maximum atomic E-state index is 9.55. The molecule has 94 valence electrons. The van der Waals surface area contributed by atoms with Crippen molar-refractivity contribution in [3.63, 3.8) is 0 Å². The molecule has 0 radical (unpaired) electrons. The third-order valence-electron chi connectivity index (χ3n) is 2.34. The molecule has 0 saturated carbocycles. The van der Waals surface area contributed by atoms with Gasteiger partial charge in [0.15, 0.2) is 0 Å². The number of aliphatic hydroxyl groups is 1. The Hall–Kier alpha value is -0.550. The maximum Gasteiger partial charge on any atom is 0.101 e. The molecular weight excluding hydrogens is 334 g/mol. The topological polar surface area (TPSA) is 33.1 Å². The smallest absolute Gasteiger partial charge is 0.101 e. The van der Waals surface area contributed by atoms with Crippen molar-refractivity contribution < 1.29 is 5.11 Å². The summed E-state index contributed by atoms with van der Waals surface area (Å²) in [5.74, 6) is 0. The van der Waals surface area contributed by atoms with Crippen molar-refractivity contribution in [1.82, 2.24) is 4.98 Å². The maximum absolute atomic E-state index is 9.55. The highest BCUT2D eigenvalue weighted by molar-refractivity contribution is 9.10. The molecule has 2 nitrogen and oxygen atoms in total. The van der Waals surface area contributed by atoms with E-state index in [1.54, 1.807) is 24.9 Å². The second-order valence-electron chi connectivity index (χ2n) is 3.78. The SMILES string of the molecule is CC(O)c1ccc(Sc2ccc(Cl)cn2)cc1Br. The summed E-state index contributed by atoms with van der Waals surface area (Å²) in [6, 6.07) is 9.54. The van der Waals surface area contributed by atoms with E-state index in [9.17, 15) is 5.11 Å². The lowest BCUT2D eigenvalue weighted by atomic mass is 10.1. The van der Waals surface area contributed by atoms with Crippen LogP contribution >= 0.6 is 39.3 Å². The minimum atomic E-state index is -0.480. The molecule has 1 N–H and O–H groups in total. The van der Waals surface area contributed by atoms with Crippen LogP contribution in [0.4, 0.5) is 0 Å². The summed E-state index contributed by atoms with van der Waals surface area (Å²) < 4.78 is 0.900. The van der Waals surface area contributed by atoms with Crippen molar-refractivity contribution >= 4 is 39.3 Å². The second-order valence-corrected chi connectivity index (χ2v) is 6.16. The summed E-state index contributed by atoms with van der Waals surface area (Å²) in [5.41, 5.74) is 0.878. The molecule has 0 amide bonds. The number of hydrogen-bond acceptors (Lipinski definition) is 3. The van der Waals surface area contributed by atoms with Gasteiger partial charge >= 0.3 is 0 Å². The van der Waals surface area contributed by atoms with Gasteiger partial charge in [0.25, 0.3) is 0 Å². The predicted molar refractivity (Wildman–Crippen MR) is 78.1 cm³/mol. The molecule has 5 heteroatoms. The fourth-order valence-electron chi connectivity index (χ4n) is 1.45. The average molecular weight is 345 g/mol. The Morgan fingerprint density at radius 2 is 2.11 bits per heavy atom. The second kappa shape index (κ2) is 6.06. The third kappa shape index (κ3) is 3.48. The molecule has 0 spiro atoms. The van der Waals surface area contributed by atoms with Crippen molar-refractivity contribution in [2.24, 2.45) is 0 Å². The van der Waals surface area contributed by atoms with E-state index in [-0.39, 0.29) is 0 Å². The zero-order chi connectivity index (χ0) is 13.1. The molecule has 0 aliphatic rings. The van der Waals surface area contributed by atoms with Gasteiger partial charge in [0, 0.05) is 15.6 Å². The van der Waals surface area contributed by atoms with E-state index in [1.807, 2.05) is 30.3 Å². The van der Waals surface area contributed by atoms with E-state index in [0.29, 0.717) is 5.02 Å². The molecule has 1 aromatic heterocycles. The Morgan fingerprint density at radius 1 is 1.33 bits per heavy atom. The molecule has 0 bridgehead atoms. The largest absolute Gasteiger partial charge is 0.389 e. The Labute approximate surface area is 124 Å². The van der Waals surface area contributed by atoms with Gasteiger partial charge in [-0.05, 0) is 36.8 Å². The number of hydrogen-bond donors (Lipinski definition) is 1. The van der Waals surface area contributed by atoms with Crippen LogP contribution in [0.3, 0.4) is 0 Å². The highest BCUT2D eigenvalue weighted by Gasteiger charge is 2.07. The number of pyridine rings is 1. The highest BCUT2D eigenvalue weighted by atomic mass is 79.9. The first kappa shape index (κ1) is 13.9. The van der Waals surface area contributed by atoms with Crippen LogP contribution in [-0.2, 0) is 0 Å². The quantitative estimate of drug-likeness (QED) is 0.876. The van der Waals surface area contributed by atoms with E-state index in [0.717, 1.165) is 20.0 Å². The van der Waals surface area contributed by atoms with Gasteiger partial charge < -0.3 is 5.11 Å². The highest BCUT2D eigenvalue weighted by Crippen LogP contribution is 2.32. The van der Waals surface area contributed by atoms with Gasteiger partial charge in [0.1, 0.15) is 5.03 Å². The summed E-state index contributed by atoms with van der Waals surface area (Å²) in [7, 11) is 0. The van der Waals surface area contributed by atoms with E-state index in [4.69, 9.17) is 11.6 Å². The Morgan fingerprint density at radius 3 is 2.67 bits per heavy atom. The summed E-state index contributed by atoms with van der Waals surface area (Å²) in [6.07, 6.45) is 1.15. The molecule has 18 heavy (non-hydrogen) atoms. The van der Waals surface area contributed by atoms with Crippen molar-refractivity contribution in [2.45, 2.75) is 22.9 Å². The molecule has 0 fully saturated rings. The minimum Gasteiger partial charge on any atom is -0.389 e. The molecular formula is C13H11BrClNOS. The van der Waals surface area contributed by atoms with Gasteiger partial charge in [-0.1, -0.05) is 45.4 Å². The number of aromatic nitrogens is 1. The Kier molecular flexibility index (Phi) is 4.67. The summed E-state index contributed by atoms with van der Waals surface area (Å²) in [4.78, 5) is 5.28.